The number of nitrogens with one attached hydrogen (secondary N) is 1. The second-order valence-corrected chi connectivity index (χ2v) is 5.11. The van der Waals surface area contributed by atoms with E-state index < -0.39 is 6.04 Å². The molecule has 1 aromatic heterocycles. The summed E-state index contributed by atoms with van der Waals surface area (Å²) in [5, 5.41) is 2.81. The summed E-state index contributed by atoms with van der Waals surface area (Å²) in [5.74, 6) is 0.287. The van der Waals surface area contributed by atoms with Crippen LogP contribution in [0.5, 0.6) is 0 Å². The number of nitrogens with two attached hydrogens (primary N) is 2. The fraction of sp³-hybridized carbons (Fsp3) is 0.250. The predicted molar refractivity (Wildman–Crippen MR) is 83.4 cm³/mol. The molecule has 0 aliphatic rings. The number of aromatic nitrogens is 1. The molecule has 5 nitrogen and oxygen atoms in total. The van der Waals surface area contributed by atoms with E-state index in [-0.39, 0.29) is 5.91 Å². The Hall–Kier alpha value is -2.40. The molecule has 0 unspecified atom stereocenters. The number of rotatable bonds is 5. The first-order chi connectivity index (χ1) is 10.0. The van der Waals surface area contributed by atoms with Crippen molar-refractivity contribution in [1.29, 1.82) is 0 Å². The van der Waals surface area contributed by atoms with Gasteiger partial charge in [-0.2, -0.15) is 0 Å². The van der Waals surface area contributed by atoms with Crippen molar-refractivity contribution in [2.45, 2.75) is 25.9 Å². The highest BCUT2D eigenvalue weighted by atomic mass is 16.2. The van der Waals surface area contributed by atoms with Crippen LogP contribution >= 0.6 is 0 Å². The number of hydrogen-bond donors (Lipinski definition) is 3. The third-order valence-corrected chi connectivity index (χ3v) is 3.19. The Labute approximate surface area is 124 Å². The van der Waals surface area contributed by atoms with Gasteiger partial charge in [-0.15, -0.1) is 0 Å². The highest BCUT2D eigenvalue weighted by Gasteiger charge is 2.13. The maximum atomic E-state index is 12.0. The number of nitrogens with zero attached hydrogens (tertiary/aromatic N) is 1. The average Bonchev–Trinajstić information content (AvgIpc) is 2.46. The van der Waals surface area contributed by atoms with Gasteiger partial charge < -0.3 is 16.8 Å². The Morgan fingerprint density at radius 1 is 1.29 bits per heavy atom. The summed E-state index contributed by atoms with van der Waals surface area (Å²) in [6.07, 6.45) is 2.16. The van der Waals surface area contributed by atoms with Crippen molar-refractivity contribution < 1.29 is 4.79 Å². The van der Waals surface area contributed by atoms with Gasteiger partial charge in [0.1, 0.15) is 5.82 Å². The van der Waals surface area contributed by atoms with Gasteiger partial charge in [0.25, 0.3) is 0 Å². The molecule has 5 N–H and O–H groups in total. The number of amides is 1. The lowest BCUT2D eigenvalue weighted by Gasteiger charge is -2.12. The van der Waals surface area contributed by atoms with Crippen LogP contribution in [0.4, 0.5) is 5.82 Å². The van der Waals surface area contributed by atoms with Gasteiger partial charge in [-0.1, -0.05) is 35.9 Å². The molecular formula is C16H20N4O. The minimum absolute atomic E-state index is 0.173. The second kappa shape index (κ2) is 6.85. The maximum absolute atomic E-state index is 12.0. The van der Waals surface area contributed by atoms with Crippen LogP contribution in [0.25, 0.3) is 0 Å². The van der Waals surface area contributed by atoms with Crippen molar-refractivity contribution in [3.63, 3.8) is 0 Å². The summed E-state index contributed by atoms with van der Waals surface area (Å²) >= 11 is 0. The fourth-order valence-electron chi connectivity index (χ4n) is 2.05. The Bertz CT molecular complexity index is 610. The Morgan fingerprint density at radius 2 is 2.10 bits per heavy atom. The SMILES string of the molecule is Cc1cccc(C[C@H](N)C(=O)NCc2ccc(N)nc2)c1. The van der Waals surface area contributed by atoms with E-state index in [4.69, 9.17) is 11.5 Å². The van der Waals surface area contributed by atoms with Crippen LogP contribution in [-0.4, -0.2) is 16.9 Å². The van der Waals surface area contributed by atoms with Crippen molar-refractivity contribution in [2.24, 2.45) is 5.73 Å². The van der Waals surface area contributed by atoms with Gasteiger partial charge in [0, 0.05) is 12.7 Å². The van der Waals surface area contributed by atoms with Crippen LogP contribution in [0.15, 0.2) is 42.6 Å². The molecule has 1 heterocycles. The summed E-state index contributed by atoms with van der Waals surface area (Å²) in [6, 6.07) is 11.0. The summed E-state index contributed by atoms with van der Waals surface area (Å²) in [6.45, 7) is 2.41. The topological polar surface area (TPSA) is 94.0 Å². The van der Waals surface area contributed by atoms with E-state index in [1.807, 2.05) is 37.3 Å². The molecule has 0 saturated carbocycles. The molecule has 5 heteroatoms. The highest BCUT2D eigenvalue weighted by Crippen LogP contribution is 2.06. The summed E-state index contributed by atoms with van der Waals surface area (Å²) in [5.41, 5.74) is 14.6. The van der Waals surface area contributed by atoms with Crippen LogP contribution in [0, 0.1) is 6.92 Å². The standard InChI is InChI=1S/C16H20N4O/c1-11-3-2-4-12(7-11)8-14(17)16(21)20-10-13-5-6-15(18)19-9-13/h2-7,9,14H,8,10,17H2,1H3,(H2,18,19)(H,20,21)/t14-/m0/s1. The lowest BCUT2D eigenvalue weighted by Crippen LogP contribution is -2.41. The van der Waals surface area contributed by atoms with Gasteiger partial charge in [-0.3, -0.25) is 4.79 Å². The third kappa shape index (κ3) is 4.57. The van der Waals surface area contributed by atoms with E-state index in [1.165, 1.54) is 0 Å². The van der Waals surface area contributed by atoms with Gasteiger partial charge in [-0.25, -0.2) is 4.98 Å². The number of carbonyl (C=O) groups is 1. The molecule has 0 radical (unpaired) electrons. The molecule has 0 spiro atoms. The van der Waals surface area contributed by atoms with Crippen molar-refractivity contribution in [3.05, 3.63) is 59.3 Å². The molecule has 0 saturated heterocycles. The lowest BCUT2D eigenvalue weighted by molar-refractivity contribution is -0.122. The quantitative estimate of drug-likeness (QED) is 0.768. The lowest BCUT2D eigenvalue weighted by atomic mass is 10.0. The number of nitrogen functional groups attached to an aromatic ring is 1. The van der Waals surface area contributed by atoms with E-state index in [2.05, 4.69) is 10.3 Å². The number of benzene rings is 1. The fourth-order valence-corrected chi connectivity index (χ4v) is 2.05. The van der Waals surface area contributed by atoms with Crippen LogP contribution in [0.2, 0.25) is 0 Å². The maximum Gasteiger partial charge on any atom is 0.237 e. The molecule has 2 aromatic rings. The van der Waals surface area contributed by atoms with Crippen molar-refractivity contribution in [2.75, 3.05) is 5.73 Å². The molecule has 0 aliphatic carbocycles. The molecule has 21 heavy (non-hydrogen) atoms. The van der Waals surface area contributed by atoms with E-state index in [1.54, 1.807) is 12.3 Å². The molecule has 1 aromatic carbocycles. The normalized spacial score (nSPS) is 11.9. The van der Waals surface area contributed by atoms with Crippen molar-refractivity contribution >= 4 is 11.7 Å². The summed E-state index contributed by atoms with van der Waals surface area (Å²) in [4.78, 5) is 16.0. The first-order valence-corrected chi connectivity index (χ1v) is 6.84. The molecule has 1 amide bonds. The highest BCUT2D eigenvalue weighted by molar-refractivity contribution is 5.81. The second-order valence-electron chi connectivity index (χ2n) is 5.11. The molecule has 110 valence electrons. The largest absolute Gasteiger partial charge is 0.384 e. The van der Waals surface area contributed by atoms with Gasteiger partial charge in [0.2, 0.25) is 5.91 Å². The van der Waals surface area contributed by atoms with Crippen molar-refractivity contribution in [1.82, 2.24) is 10.3 Å². The van der Waals surface area contributed by atoms with E-state index >= 15 is 0 Å². The average molecular weight is 284 g/mol. The van der Waals surface area contributed by atoms with E-state index in [0.29, 0.717) is 18.8 Å². The van der Waals surface area contributed by atoms with Gasteiger partial charge in [-0.05, 0) is 30.5 Å². The first kappa shape index (κ1) is 15.0. The predicted octanol–water partition coefficient (Wildman–Crippen LogP) is 1.16. The summed E-state index contributed by atoms with van der Waals surface area (Å²) < 4.78 is 0. The Kier molecular flexibility index (Phi) is 4.90. The molecule has 2 rings (SSSR count). The van der Waals surface area contributed by atoms with Gasteiger partial charge in [0.05, 0.1) is 6.04 Å². The smallest absolute Gasteiger partial charge is 0.237 e. The van der Waals surface area contributed by atoms with Crippen LogP contribution in [0.3, 0.4) is 0 Å². The Morgan fingerprint density at radius 3 is 2.76 bits per heavy atom. The van der Waals surface area contributed by atoms with Crippen molar-refractivity contribution in [3.8, 4) is 0 Å². The monoisotopic (exact) mass is 284 g/mol. The zero-order chi connectivity index (χ0) is 15.2. The minimum atomic E-state index is -0.562. The summed E-state index contributed by atoms with van der Waals surface area (Å²) in [7, 11) is 0. The number of pyridine rings is 1. The van der Waals surface area contributed by atoms with Gasteiger partial charge in [0.15, 0.2) is 0 Å². The third-order valence-electron chi connectivity index (χ3n) is 3.19. The molecule has 0 fully saturated rings. The van der Waals surface area contributed by atoms with E-state index in [0.717, 1.165) is 16.7 Å². The first-order valence-electron chi connectivity index (χ1n) is 6.84. The zero-order valence-corrected chi connectivity index (χ0v) is 12.0. The minimum Gasteiger partial charge on any atom is -0.384 e. The Balaban J connectivity index is 1.86. The van der Waals surface area contributed by atoms with Gasteiger partial charge >= 0.3 is 0 Å². The van der Waals surface area contributed by atoms with Crippen LogP contribution in [0.1, 0.15) is 16.7 Å². The number of carbonyl (C=O) groups excluding carboxylic acids is 1. The molecular weight excluding hydrogens is 264 g/mol. The zero-order valence-electron chi connectivity index (χ0n) is 12.0. The van der Waals surface area contributed by atoms with Crippen LogP contribution in [-0.2, 0) is 17.8 Å². The number of hydrogen-bond acceptors (Lipinski definition) is 4. The van der Waals surface area contributed by atoms with Crippen LogP contribution < -0.4 is 16.8 Å². The molecule has 0 bridgehead atoms. The number of aryl methyl sites for hydroxylation is 1. The molecule has 0 aliphatic heterocycles. The number of anilines is 1. The van der Waals surface area contributed by atoms with E-state index in [9.17, 15) is 4.79 Å². The molecule has 1 atom stereocenters.